The summed E-state index contributed by atoms with van der Waals surface area (Å²) < 4.78 is 10.8. The summed E-state index contributed by atoms with van der Waals surface area (Å²) in [5.74, 6) is 0.810. The van der Waals surface area contributed by atoms with Gasteiger partial charge in [-0.2, -0.15) is 0 Å². The molecule has 1 aliphatic heterocycles. The van der Waals surface area contributed by atoms with Crippen molar-refractivity contribution in [3.8, 4) is 0 Å². The lowest BCUT2D eigenvalue weighted by atomic mass is 9.74. The second-order valence-electron chi connectivity index (χ2n) is 6.57. The van der Waals surface area contributed by atoms with Crippen LogP contribution < -0.4 is 10.6 Å². The Hall–Kier alpha value is -0.570. The monoisotopic (exact) mass is 495 g/mol. The molecular formula is C19H31ClIN3O2. The molecule has 0 radical (unpaired) electrons. The molecule has 1 aliphatic rings. The summed E-state index contributed by atoms with van der Waals surface area (Å²) >= 11 is 6.51. The summed E-state index contributed by atoms with van der Waals surface area (Å²) in [5, 5.41) is 7.52. The molecule has 148 valence electrons. The van der Waals surface area contributed by atoms with E-state index in [1.807, 2.05) is 18.2 Å². The Morgan fingerprint density at radius 3 is 2.65 bits per heavy atom. The third kappa shape index (κ3) is 6.55. The maximum atomic E-state index is 6.51. The Morgan fingerprint density at radius 1 is 1.35 bits per heavy atom. The maximum Gasteiger partial charge on any atom is 0.191 e. The smallest absolute Gasteiger partial charge is 0.191 e. The van der Waals surface area contributed by atoms with Gasteiger partial charge in [0.2, 0.25) is 0 Å². The number of rotatable bonds is 7. The SMILES string of the molecule is CCNC(=NCC1(c2ccccc2Cl)CCOCC1)NC(C)COC.I. The number of benzene rings is 1. The number of aliphatic imine (C=N–C) groups is 1. The Labute approximate surface area is 179 Å². The molecule has 1 aromatic carbocycles. The van der Waals surface area contributed by atoms with E-state index in [2.05, 4.69) is 30.5 Å². The number of guanidine groups is 1. The Kier molecular flexibility index (Phi) is 10.8. The van der Waals surface area contributed by atoms with Crippen molar-refractivity contribution < 1.29 is 9.47 Å². The molecule has 0 amide bonds. The first kappa shape index (κ1) is 23.5. The van der Waals surface area contributed by atoms with Crippen LogP contribution in [-0.4, -0.2) is 52.0 Å². The summed E-state index contributed by atoms with van der Waals surface area (Å²) in [7, 11) is 1.71. The van der Waals surface area contributed by atoms with Crippen LogP contribution in [0, 0.1) is 0 Å². The quantitative estimate of drug-likeness (QED) is 0.345. The lowest BCUT2D eigenvalue weighted by molar-refractivity contribution is 0.0531. The third-order valence-corrected chi connectivity index (χ3v) is 4.91. The van der Waals surface area contributed by atoms with E-state index in [-0.39, 0.29) is 35.4 Å². The molecule has 0 spiro atoms. The van der Waals surface area contributed by atoms with Crippen LogP contribution in [0.25, 0.3) is 0 Å². The van der Waals surface area contributed by atoms with Gasteiger partial charge in [0.25, 0.3) is 0 Å². The van der Waals surface area contributed by atoms with Crippen molar-refractivity contribution in [1.29, 1.82) is 0 Å². The fourth-order valence-electron chi connectivity index (χ4n) is 3.24. The number of nitrogens with zero attached hydrogens (tertiary/aromatic N) is 1. The first-order valence-corrected chi connectivity index (χ1v) is 9.35. The highest BCUT2D eigenvalue weighted by Gasteiger charge is 2.36. The number of methoxy groups -OCH3 is 1. The van der Waals surface area contributed by atoms with Crippen LogP contribution in [-0.2, 0) is 14.9 Å². The molecule has 1 unspecified atom stereocenters. The van der Waals surface area contributed by atoms with Crippen molar-refractivity contribution in [2.24, 2.45) is 4.99 Å². The molecular weight excluding hydrogens is 465 g/mol. The molecule has 1 saturated heterocycles. The zero-order valence-corrected chi connectivity index (χ0v) is 19.0. The van der Waals surface area contributed by atoms with Crippen molar-refractivity contribution in [2.45, 2.75) is 38.1 Å². The van der Waals surface area contributed by atoms with Crippen LogP contribution in [0.1, 0.15) is 32.3 Å². The molecule has 2 N–H and O–H groups in total. The fourth-order valence-corrected chi connectivity index (χ4v) is 3.58. The Bertz CT molecular complexity index is 565. The van der Waals surface area contributed by atoms with Crippen molar-refractivity contribution in [1.82, 2.24) is 10.6 Å². The van der Waals surface area contributed by atoms with Crippen LogP contribution in [0.5, 0.6) is 0 Å². The molecule has 2 rings (SSSR count). The van der Waals surface area contributed by atoms with Gasteiger partial charge < -0.3 is 20.1 Å². The zero-order valence-electron chi connectivity index (χ0n) is 15.9. The minimum atomic E-state index is -0.0799. The number of nitrogens with one attached hydrogen (secondary N) is 2. The lowest BCUT2D eigenvalue weighted by Gasteiger charge is -2.37. The van der Waals surface area contributed by atoms with Gasteiger partial charge >= 0.3 is 0 Å². The Balaban J connectivity index is 0.00000338. The van der Waals surface area contributed by atoms with Crippen LogP contribution >= 0.6 is 35.6 Å². The fraction of sp³-hybridized carbons (Fsp3) is 0.632. The first-order chi connectivity index (χ1) is 12.1. The van der Waals surface area contributed by atoms with E-state index in [0.29, 0.717) is 13.2 Å². The lowest BCUT2D eigenvalue weighted by Crippen LogP contribution is -2.45. The van der Waals surface area contributed by atoms with E-state index in [0.717, 1.165) is 43.6 Å². The van der Waals surface area contributed by atoms with Crippen LogP contribution in [0.3, 0.4) is 0 Å². The van der Waals surface area contributed by atoms with Gasteiger partial charge in [0.05, 0.1) is 13.2 Å². The van der Waals surface area contributed by atoms with Gasteiger partial charge in [0, 0.05) is 43.3 Å². The molecule has 0 aromatic heterocycles. The number of ether oxygens (including phenoxy) is 2. The van der Waals surface area contributed by atoms with E-state index in [4.69, 9.17) is 26.1 Å². The van der Waals surface area contributed by atoms with E-state index in [1.54, 1.807) is 7.11 Å². The van der Waals surface area contributed by atoms with Crippen molar-refractivity contribution in [3.63, 3.8) is 0 Å². The van der Waals surface area contributed by atoms with Crippen molar-refractivity contribution >= 4 is 41.5 Å². The number of hydrogen-bond acceptors (Lipinski definition) is 3. The first-order valence-electron chi connectivity index (χ1n) is 8.98. The van der Waals surface area contributed by atoms with E-state index in [1.165, 1.54) is 5.56 Å². The van der Waals surface area contributed by atoms with Crippen LogP contribution in [0.2, 0.25) is 5.02 Å². The molecule has 0 aliphatic carbocycles. The van der Waals surface area contributed by atoms with E-state index >= 15 is 0 Å². The van der Waals surface area contributed by atoms with Crippen molar-refractivity contribution in [2.75, 3.05) is 40.0 Å². The standard InChI is InChI=1S/C19H30ClN3O2.HI/c1-4-21-18(23-15(2)13-24-3)22-14-19(9-11-25-12-10-19)16-7-5-6-8-17(16)20;/h5-8,15H,4,9-14H2,1-3H3,(H2,21,22,23);1H. The predicted octanol–water partition coefficient (Wildman–Crippen LogP) is 3.60. The topological polar surface area (TPSA) is 54.9 Å². The van der Waals surface area contributed by atoms with E-state index < -0.39 is 0 Å². The van der Waals surface area contributed by atoms with Crippen LogP contribution in [0.15, 0.2) is 29.3 Å². The van der Waals surface area contributed by atoms with Gasteiger partial charge in [0.15, 0.2) is 5.96 Å². The summed E-state index contributed by atoms with van der Waals surface area (Å²) in [6, 6.07) is 8.29. The van der Waals surface area contributed by atoms with Gasteiger partial charge in [0.1, 0.15) is 0 Å². The van der Waals surface area contributed by atoms with Gasteiger partial charge in [-0.25, -0.2) is 0 Å². The number of hydrogen-bond donors (Lipinski definition) is 2. The second-order valence-corrected chi connectivity index (χ2v) is 6.98. The summed E-state index contributed by atoms with van der Waals surface area (Å²) in [5.41, 5.74) is 1.09. The van der Waals surface area contributed by atoms with Crippen molar-refractivity contribution in [3.05, 3.63) is 34.9 Å². The minimum Gasteiger partial charge on any atom is -0.383 e. The van der Waals surface area contributed by atoms with Gasteiger partial charge in [-0.05, 0) is 38.3 Å². The molecule has 1 aromatic rings. The average molecular weight is 496 g/mol. The van der Waals surface area contributed by atoms with Gasteiger partial charge in [-0.3, -0.25) is 4.99 Å². The zero-order chi connectivity index (χ0) is 18.1. The molecule has 1 heterocycles. The maximum absolute atomic E-state index is 6.51. The third-order valence-electron chi connectivity index (χ3n) is 4.58. The van der Waals surface area contributed by atoms with Gasteiger partial charge in [-0.1, -0.05) is 29.8 Å². The molecule has 0 saturated carbocycles. The highest BCUT2D eigenvalue weighted by atomic mass is 127. The molecule has 0 bridgehead atoms. The molecule has 26 heavy (non-hydrogen) atoms. The Morgan fingerprint density at radius 2 is 2.04 bits per heavy atom. The predicted molar refractivity (Wildman–Crippen MR) is 119 cm³/mol. The largest absolute Gasteiger partial charge is 0.383 e. The van der Waals surface area contributed by atoms with E-state index in [9.17, 15) is 0 Å². The van der Waals surface area contributed by atoms with Gasteiger partial charge in [-0.15, -0.1) is 24.0 Å². The summed E-state index contributed by atoms with van der Waals surface area (Å²) in [6.45, 7) is 7.75. The number of halogens is 2. The molecule has 7 heteroatoms. The molecule has 5 nitrogen and oxygen atoms in total. The molecule has 1 atom stereocenters. The highest BCUT2D eigenvalue weighted by molar-refractivity contribution is 14.0. The highest BCUT2D eigenvalue weighted by Crippen LogP contribution is 2.38. The molecule has 1 fully saturated rings. The van der Waals surface area contributed by atoms with Crippen LogP contribution in [0.4, 0.5) is 0 Å². The average Bonchev–Trinajstić information content (AvgIpc) is 2.61. The summed E-state index contributed by atoms with van der Waals surface area (Å²) in [6.07, 6.45) is 1.85. The summed E-state index contributed by atoms with van der Waals surface area (Å²) in [4.78, 5) is 4.87. The second kappa shape index (κ2) is 12.0. The normalized spacial score (nSPS) is 17.9. The minimum absolute atomic E-state index is 0.